The van der Waals surface area contributed by atoms with E-state index in [-0.39, 0.29) is 17.2 Å². The lowest BCUT2D eigenvalue weighted by Crippen LogP contribution is -2.44. The van der Waals surface area contributed by atoms with Gasteiger partial charge in [0.25, 0.3) is 0 Å². The Morgan fingerprint density at radius 2 is 1.71 bits per heavy atom. The number of piperazine rings is 1. The Kier molecular flexibility index (Phi) is 8.81. The first-order chi connectivity index (χ1) is 19.8. The van der Waals surface area contributed by atoms with Crippen LogP contribution in [-0.4, -0.2) is 90.5 Å². The quantitative estimate of drug-likeness (QED) is 0.315. The molecule has 1 saturated heterocycles. The molecule has 5 rings (SSSR count). The Balaban J connectivity index is 1.40. The standard InChI is InChI=1S/C32H48N6O3Si/c1-32(2,3)42(6,7)41-26-14-12-25(13-15-26)38-28-20-29(36(5)31(39)40)33-21-27(28)30(34-38)24-10-8-23(9-11-24)22-37-18-16-35(4)17-19-37/h8-11,20-21,25-26H,12-19,22H2,1-7H3,(H,39,40)/t25-,26-. The summed E-state index contributed by atoms with van der Waals surface area (Å²) in [6.45, 7) is 16.9. The second kappa shape index (κ2) is 12.1. The third-order valence-corrected chi connectivity index (χ3v) is 14.2. The van der Waals surface area contributed by atoms with E-state index in [0.29, 0.717) is 5.82 Å². The molecular formula is C32H48N6O3Si. The van der Waals surface area contributed by atoms with Gasteiger partial charge in [0.05, 0.1) is 11.6 Å². The fourth-order valence-electron chi connectivity index (χ4n) is 5.83. The number of rotatable bonds is 7. The topological polar surface area (TPSA) is 87.0 Å². The van der Waals surface area contributed by atoms with Gasteiger partial charge in [-0.1, -0.05) is 45.0 Å². The fraction of sp³-hybridized carbons (Fsp3) is 0.594. The normalized spacial score (nSPS) is 21.1. The molecule has 1 aliphatic carbocycles. The Labute approximate surface area is 251 Å². The van der Waals surface area contributed by atoms with E-state index in [1.165, 1.54) is 12.6 Å². The number of hydrogen-bond donors (Lipinski definition) is 1. The Hall–Kier alpha value is -2.79. The molecule has 3 heterocycles. The molecule has 9 nitrogen and oxygen atoms in total. The highest BCUT2D eigenvalue weighted by atomic mass is 28.4. The van der Waals surface area contributed by atoms with Crippen LogP contribution in [0.4, 0.5) is 10.6 Å². The maximum absolute atomic E-state index is 11.7. The second-order valence-corrected chi connectivity index (χ2v) is 18.5. The predicted molar refractivity (Wildman–Crippen MR) is 172 cm³/mol. The number of nitrogens with zero attached hydrogens (tertiary/aromatic N) is 6. The monoisotopic (exact) mass is 592 g/mol. The third-order valence-electron chi connectivity index (χ3n) is 9.69. The molecule has 1 aliphatic heterocycles. The van der Waals surface area contributed by atoms with E-state index in [4.69, 9.17) is 9.52 Å². The van der Waals surface area contributed by atoms with Crippen LogP contribution in [0.2, 0.25) is 18.1 Å². The summed E-state index contributed by atoms with van der Waals surface area (Å²) < 4.78 is 8.89. The lowest BCUT2D eigenvalue weighted by atomic mass is 9.93. The summed E-state index contributed by atoms with van der Waals surface area (Å²) in [5.74, 6) is 0.403. The minimum atomic E-state index is -1.83. The summed E-state index contributed by atoms with van der Waals surface area (Å²) in [5, 5.41) is 15.9. The maximum atomic E-state index is 11.7. The van der Waals surface area contributed by atoms with Gasteiger partial charge in [0.1, 0.15) is 11.5 Å². The van der Waals surface area contributed by atoms with Gasteiger partial charge in [-0.2, -0.15) is 5.10 Å². The molecule has 0 spiro atoms. The Morgan fingerprint density at radius 1 is 1.07 bits per heavy atom. The van der Waals surface area contributed by atoms with Crippen LogP contribution in [0, 0.1) is 0 Å². The molecule has 42 heavy (non-hydrogen) atoms. The zero-order valence-electron chi connectivity index (χ0n) is 26.4. The summed E-state index contributed by atoms with van der Waals surface area (Å²) in [6.07, 6.45) is 4.99. The van der Waals surface area contributed by atoms with Crippen LogP contribution >= 0.6 is 0 Å². The van der Waals surface area contributed by atoms with Crippen molar-refractivity contribution >= 4 is 31.1 Å². The van der Waals surface area contributed by atoms with Gasteiger partial charge in [0, 0.05) is 69.1 Å². The molecule has 2 aromatic heterocycles. The molecule has 1 aromatic carbocycles. The van der Waals surface area contributed by atoms with Gasteiger partial charge < -0.3 is 14.4 Å². The zero-order valence-corrected chi connectivity index (χ0v) is 27.4. The van der Waals surface area contributed by atoms with Crippen LogP contribution in [0.5, 0.6) is 0 Å². The highest BCUT2D eigenvalue weighted by Crippen LogP contribution is 2.41. The molecule has 0 unspecified atom stereocenters. The van der Waals surface area contributed by atoms with Crippen molar-refractivity contribution < 1.29 is 14.3 Å². The third kappa shape index (κ3) is 6.56. The first-order valence-corrected chi connectivity index (χ1v) is 18.3. The van der Waals surface area contributed by atoms with Crippen LogP contribution in [0.3, 0.4) is 0 Å². The molecule has 0 atom stereocenters. The number of hydrogen-bond acceptors (Lipinski definition) is 6. The van der Waals surface area contributed by atoms with E-state index in [1.54, 1.807) is 6.20 Å². The molecule has 0 bridgehead atoms. The number of benzene rings is 1. The number of fused-ring (bicyclic) bond motifs is 1. The minimum Gasteiger partial charge on any atom is -0.465 e. The number of likely N-dealkylation sites (N-methyl/N-ethyl adjacent to an activating group) is 1. The van der Waals surface area contributed by atoms with Gasteiger partial charge in [-0.05, 0) is 56.4 Å². The van der Waals surface area contributed by atoms with E-state index < -0.39 is 14.4 Å². The van der Waals surface area contributed by atoms with E-state index in [1.807, 2.05) is 6.07 Å². The average molecular weight is 593 g/mol. The lowest BCUT2D eigenvalue weighted by molar-refractivity contribution is 0.116. The largest absolute Gasteiger partial charge is 0.465 e. The van der Waals surface area contributed by atoms with Crippen LogP contribution in [0.15, 0.2) is 36.5 Å². The number of aromatic nitrogens is 3. The Morgan fingerprint density at radius 3 is 2.31 bits per heavy atom. The van der Waals surface area contributed by atoms with Crippen LogP contribution < -0.4 is 4.90 Å². The summed E-state index contributed by atoms with van der Waals surface area (Å²) >= 11 is 0. The molecule has 0 radical (unpaired) electrons. The number of amides is 1. The molecule has 1 amide bonds. The van der Waals surface area contributed by atoms with Gasteiger partial charge in [-0.15, -0.1) is 0 Å². The van der Waals surface area contributed by atoms with E-state index >= 15 is 0 Å². The zero-order chi connectivity index (χ0) is 30.2. The number of anilines is 1. The molecule has 228 valence electrons. The van der Waals surface area contributed by atoms with Crippen molar-refractivity contribution in [3.05, 3.63) is 42.1 Å². The van der Waals surface area contributed by atoms with Crippen molar-refractivity contribution in [3.8, 4) is 11.3 Å². The van der Waals surface area contributed by atoms with Crippen LogP contribution in [0.1, 0.15) is 58.1 Å². The first-order valence-electron chi connectivity index (χ1n) is 15.4. The second-order valence-electron chi connectivity index (χ2n) is 13.8. The molecule has 2 fully saturated rings. The number of pyridine rings is 1. The van der Waals surface area contributed by atoms with Crippen molar-refractivity contribution in [3.63, 3.8) is 0 Å². The highest BCUT2D eigenvalue weighted by Gasteiger charge is 2.40. The number of carbonyl (C=O) groups is 1. The van der Waals surface area contributed by atoms with E-state index in [0.717, 1.165) is 85.5 Å². The molecule has 1 saturated carbocycles. The average Bonchev–Trinajstić information content (AvgIpc) is 3.33. The molecule has 3 aromatic rings. The lowest BCUT2D eigenvalue weighted by Gasteiger charge is -2.41. The smallest absolute Gasteiger partial charge is 0.412 e. The minimum absolute atomic E-state index is 0.191. The fourth-order valence-corrected chi connectivity index (χ4v) is 7.25. The molecule has 1 N–H and O–H groups in total. The van der Waals surface area contributed by atoms with E-state index in [9.17, 15) is 9.90 Å². The summed E-state index contributed by atoms with van der Waals surface area (Å²) in [4.78, 5) is 22.3. The molecule has 2 aliphatic rings. The molecule has 10 heteroatoms. The molecular weight excluding hydrogens is 544 g/mol. The SMILES string of the molecule is CN1CCN(Cc2ccc(-c3nn([C@H]4CC[C@H](O[Si](C)(C)C(C)(C)C)CC4)c4cc(N(C)C(=O)O)ncc34)cc2)CC1. The van der Waals surface area contributed by atoms with Crippen molar-refractivity contribution in [2.75, 3.05) is 45.2 Å². The predicted octanol–water partition coefficient (Wildman–Crippen LogP) is 6.47. The van der Waals surface area contributed by atoms with Crippen LogP contribution in [-0.2, 0) is 11.0 Å². The first kappa shape index (κ1) is 30.7. The van der Waals surface area contributed by atoms with Gasteiger partial charge in [0.15, 0.2) is 8.32 Å². The summed E-state index contributed by atoms with van der Waals surface area (Å²) in [5.41, 5.74) is 4.18. The summed E-state index contributed by atoms with van der Waals surface area (Å²) in [7, 11) is 1.88. The highest BCUT2D eigenvalue weighted by molar-refractivity contribution is 6.74. The van der Waals surface area contributed by atoms with Crippen LogP contribution in [0.25, 0.3) is 22.2 Å². The van der Waals surface area contributed by atoms with Gasteiger partial charge in [-0.25, -0.2) is 9.78 Å². The van der Waals surface area contributed by atoms with Crippen molar-refractivity contribution in [2.24, 2.45) is 0 Å². The van der Waals surface area contributed by atoms with Gasteiger partial charge >= 0.3 is 6.09 Å². The van der Waals surface area contributed by atoms with Gasteiger partial charge in [-0.3, -0.25) is 14.5 Å². The number of carboxylic acid groups (broad SMARTS) is 1. The summed E-state index contributed by atoms with van der Waals surface area (Å²) in [6, 6.07) is 10.9. The maximum Gasteiger partial charge on any atom is 0.412 e. The van der Waals surface area contributed by atoms with Crippen molar-refractivity contribution in [1.29, 1.82) is 0 Å². The Bertz CT molecular complexity index is 1380. The van der Waals surface area contributed by atoms with E-state index in [2.05, 4.69) is 84.6 Å². The van der Waals surface area contributed by atoms with Crippen molar-refractivity contribution in [2.45, 2.75) is 83.3 Å². The van der Waals surface area contributed by atoms with Gasteiger partial charge in [0.2, 0.25) is 0 Å². The van der Waals surface area contributed by atoms with Crippen molar-refractivity contribution in [1.82, 2.24) is 24.6 Å².